The first-order valence-electron chi connectivity index (χ1n) is 14.4. The smallest absolute Gasteiger partial charge is 0.0704 e. The van der Waals surface area contributed by atoms with E-state index in [1.807, 2.05) is 12.3 Å². The lowest BCUT2D eigenvalue weighted by Crippen LogP contribution is -1.97. The van der Waals surface area contributed by atoms with Gasteiger partial charge in [0.2, 0.25) is 0 Å². The fourth-order valence-electron chi connectivity index (χ4n) is 6.34. The molecule has 1 aromatic heterocycles. The molecule has 7 aromatic rings. The summed E-state index contributed by atoms with van der Waals surface area (Å²) in [5.41, 5.74) is 11.7. The van der Waals surface area contributed by atoms with E-state index in [1.165, 1.54) is 66.1 Å². The Morgan fingerprint density at radius 3 is 2.19 bits per heavy atom. The molecular weight excluding hydrogens is 508 g/mol. The number of hydrogen-bond donors (Lipinski definition) is 0. The molecule has 8 rings (SSSR count). The number of benzene rings is 6. The van der Waals surface area contributed by atoms with Crippen LogP contribution in [0.3, 0.4) is 0 Å². The summed E-state index contributed by atoms with van der Waals surface area (Å²) < 4.78 is 2.42. The van der Waals surface area contributed by atoms with Gasteiger partial charge in [-0.15, -0.1) is 0 Å². The summed E-state index contributed by atoms with van der Waals surface area (Å²) in [5.74, 6) is 0. The van der Waals surface area contributed by atoms with Crippen molar-refractivity contribution >= 4 is 55.6 Å². The Hall–Kier alpha value is -5.47. The molecule has 0 amide bonds. The first-order valence-corrected chi connectivity index (χ1v) is 14.4. The Labute approximate surface area is 245 Å². The zero-order chi connectivity index (χ0) is 28.0. The molecule has 0 atom stereocenters. The highest BCUT2D eigenvalue weighted by Gasteiger charge is 2.17. The molecule has 6 aromatic carbocycles. The van der Waals surface area contributed by atoms with Crippen LogP contribution in [0, 0.1) is 0 Å². The molecule has 0 spiro atoms. The molecule has 0 N–H and O–H groups in total. The van der Waals surface area contributed by atoms with Gasteiger partial charge in [0.15, 0.2) is 0 Å². The lowest BCUT2D eigenvalue weighted by atomic mass is 9.96. The largest absolute Gasteiger partial charge is 0.309 e. The van der Waals surface area contributed by atoms with Crippen molar-refractivity contribution in [1.29, 1.82) is 0 Å². The summed E-state index contributed by atoms with van der Waals surface area (Å²) in [7, 11) is 0. The van der Waals surface area contributed by atoms with Crippen molar-refractivity contribution in [2.75, 3.05) is 0 Å². The molecule has 0 radical (unpaired) electrons. The number of para-hydroxylation sites is 3. The number of aliphatic imine (C=N–C) groups is 1. The third-order valence-corrected chi connectivity index (χ3v) is 8.38. The second-order valence-electron chi connectivity index (χ2n) is 10.9. The van der Waals surface area contributed by atoms with E-state index in [9.17, 15) is 0 Å². The van der Waals surface area contributed by atoms with E-state index < -0.39 is 0 Å². The summed E-state index contributed by atoms with van der Waals surface area (Å²) >= 11 is 0. The van der Waals surface area contributed by atoms with Crippen molar-refractivity contribution in [2.24, 2.45) is 4.99 Å². The van der Waals surface area contributed by atoms with Gasteiger partial charge in [-0.3, -0.25) is 4.99 Å². The third kappa shape index (κ3) is 4.00. The second kappa shape index (κ2) is 9.87. The van der Waals surface area contributed by atoms with E-state index in [-0.39, 0.29) is 0 Å². The van der Waals surface area contributed by atoms with Crippen LogP contribution in [0.25, 0.3) is 60.5 Å². The fraction of sp³-hybridized carbons (Fsp3) is 0.0250. The van der Waals surface area contributed by atoms with Crippen molar-refractivity contribution < 1.29 is 0 Å². The number of aromatic nitrogens is 1. The van der Waals surface area contributed by atoms with Gasteiger partial charge in [-0.05, 0) is 82.4 Å². The maximum Gasteiger partial charge on any atom is 0.0704 e. The van der Waals surface area contributed by atoms with Gasteiger partial charge in [-0.1, -0.05) is 103 Å². The summed E-state index contributed by atoms with van der Waals surface area (Å²) in [5, 5.41) is 4.99. The average molecular weight is 537 g/mol. The van der Waals surface area contributed by atoms with Gasteiger partial charge in [-0.25, -0.2) is 0 Å². The van der Waals surface area contributed by atoms with Gasteiger partial charge in [-0.2, -0.15) is 0 Å². The van der Waals surface area contributed by atoms with Crippen LogP contribution in [-0.4, -0.2) is 10.8 Å². The predicted octanol–water partition coefficient (Wildman–Crippen LogP) is 10.8. The molecule has 2 nitrogen and oxygen atoms in total. The third-order valence-electron chi connectivity index (χ3n) is 8.38. The van der Waals surface area contributed by atoms with Crippen LogP contribution in [0.1, 0.15) is 18.1 Å². The van der Waals surface area contributed by atoms with Gasteiger partial charge >= 0.3 is 0 Å². The summed E-state index contributed by atoms with van der Waals surface area (Å²) in [6.45, 7) is 2.17. The summed E-state index contributed by atoms with van der Waals surface area (Å²) in [6.07, 6.45) is 6.32. The highest BCUT2D eigenvalue weighted by atomic mass is 15.0. The lowest BCUT2D eigenvalue weighted by Gasteiger charge is -2.15. The van der Waals surface area contributed by atoms with Crippen LogP contribution >= 0.6 is 0 Å². The quantitative estimate of drug-likeness (QED) is 0.214. The number of fused-ring (bicyclic) bond motifs is 5. The number of nitrogens with zero attached hydrogens (tertiary/aromatic N) is 2. The molecule has 2 heterocycles. The predicted molar refractivity (Wildman–Crippen MR) is 180 cm³/mol. The second-order valence-corrected chi connectivity index (χ2v) is 10.9. The molecule has 0 fully saturated rings. The monoisotopic (exact) mass is 536 g/mol. The minimum atomic E-state index is 1.00. The van der Waals surface area contributed by atoms with E-state index in [4.69, 9.17) is 4.99 Å². The van der Waals surface area contributed by atoms with Crippen LogP contribution < -0.4 is 0 Å². The van der Waals surface area contributed by atoms with Crippen LogP contribution in [0.4, 0.5) is 5.69 Å². The van der Waals surface area contributed by atoms with E-state index >= 15 is 0 Å². The maximum atomic E-state index is 4.74. The Bertz CT molecular complexity index is 2260. The normalized spacial score (nSPS) is 15.5. The first kappa shape index (κ1) is 24.3. The Morgan fingerprint density at radius 2 is 1.26 bits per heavy atom. The number of allylic oxidation sites excluding steroid dienone is 4. The van der Waals surface area contributed by atoms with Gasteiger partial charge in [0.05, 0.1) is 22.4 Å². The van der Waals surface area contributed by atoms with Gasteiger partial charge in [0, 0.05) is 28.1 Å². The zero-order valence-electron chi connectivity index (χ0n) is 23.3. The molecular formula is C40H28N2. The van der Waals surface area contributed by atoms with E-state index in [0.717, 1.165) is 11.3 Å². The highest BCUT2D eigenvalue weighted by molar-refractivity contribution is 6.11. The molecule has 1 aliphatic rings. The van der Waals surface area contributed by atoms with Crippen molar-refractivity contribution in [1.82, 2.24) is 4.57 Å². The average Bonchev–Trinajstić information content (AvgIpc) is 3.37. The molecule has 42 heavy (non-hydrogen) atoms. The molecule has 198 valence electrons. The topological polar surface area (TPSA) is 17.3 Å². The number of rotatable bonds is 3. The van der Waals surface area contributed by atoms with Crippen molar-refractivity contribution in [3.05, 3.63) is 157 Å². The fourth-order valence-corrected chi connectivity index (χ4v) is 6.34. The van der Waals surface area contributed by atoms with E-state index in [1.54, 1.807) is 0 Å². The summed E-state index contributed by atoms with van der Waals surface area (Å²) in [4.78, 5) is 4.74. The standard InChI is InChI=1S/C40H28N2/c1-27-24-31(22-23-41-37-15-7-4-12-33(27)37)30-20-21-40-36(26-30)35-14-6-9-17-39(35)42(40)38-16-8-5-13-34(38)32-19-18-28-10-2-3-11-29(28)25-32/h2-26H,1H3/b23-22?,27-24+,31-22+,31-24?,33-27?,41-23?,41-37?. The molecule has 2 heteroatoms. The molecule has 0 aliphatic carbocycles. The van der Waals surface area contributed by atoms with Gasteiger partial charge in [0.25, 0.3) is 0 Å². The molecule has 0 saturated carbocycles. The van der Waals surface area contributed by atoms with Crippen LogP contribution in [0.2, 0.25) is 0 Å². The minimum absolute atomic E-state index is 1.00. The van der Waals surface area contributed by atoms with Crippen LogP contribution in [0.15, 0.2) is 151 Å². The molecule has 0 bridgehead atoms. The molecule has 0 saturated heterocycles. The zero-order valence-corrected chi connectivity index (χ0v) is 23.3. The van der Waals surface area contributed by atoms with Gasteiger partial charge < -0.3 is 4.57 Å². The Kier molecular flexibility index (Phi) is 5.72. The van der Waals surface area contributed by atoms with E-state index in [0.29, 0.717) is 0 Å². The first-order chi connectivity index (χ1) is 20.7. The minimum Gasteiger partial charge on any atom is -0.309 e. The van der Waals surface area contributed by atoms with Gasteiger partial charge in [0.1, 0.15) is 0 Å². The van der Waals surface area contributed by atoms with Crippen LogP contribution in [-0.2, 0) is 0 Å². The number of hydrogen-bond acceptors (Lipinski definition) is 1. The Morgan fingerprint density at radius 1 is 0.548 bits per heavy atom. The molecule has 1 aliphatic heterocycles. The van der Waals surface area contributed by atoms with E-state index in [2.05, 4.69) is 151 Å². The van der Waals surface area contributed by atoms with Crippen LogP contribution in [0.5, 0.6) is 0 Å². The van der Waals surface area contributed by atoms with Crippen molar-refractivity contribution in [3.63, 3.8) is 0 Å². The Balaban J connectivity index is 1.32. The maximum absolute atomic E-state index is 4.74. The molecule has 0 unspecified atom stereocenters. The SMILES string of the molecule is C/C1=C\C(c2ccc3c(c2)c2ccccc2n3-c2ccccc2-c2ccc3ccccc3c2)=C/C=Nc2ccccc21. The lowest BCUT2D eigenvalue weighted by molar-refractivity contribution is 1.18. The van der Waals surface area contributed by atoms with Crippen molar-refractivity contribution in [2.45, 2.75) is 6.92 Å². The summed E-state index contributed by atoms with van der Waals surface area (Å²) in [6, 6.07) is 48.0. The van der Waals surface area contributed by atoms with Crippen molar-refractivity contribution in [3.8, 4) is 16.8 Å². The highest BCUT2D eigenvalue weighted by Crippen LogP contribution is 2.38.